The molecule has 0 bridgehead atoms. The van der Waals surface area contributed by atoms with Gasteiger partial charge in [-0.1, -0.05) is 36.4 Å². The first-order chi connectivity index (χ1) is 27.0. The Labute approximate surface area is 346 Å². The number of sulfonamides is 2. The fourth-order valence-corrected chi connectivity index (χ4v) is 9.80. The normalized spacial score (nSPS) is 12.0. The number of amides is 1. The summed E-state index contributed by atoms with van der Waals surface area (Å²) in [4.78, 5) is 12.4. The topological polar surface area (TPSA) is 193 Å². The second-order valence-corrected chi connectivity index (χ2v) is 18.3. The van der Waals surface area contributed by atoms with E-state index in [0.717, 1.165) is 5.56 Å². The second kappa shape index (κ2) is 18.6. The number of benzene rings is 4. The van der Waals surface area contributed by atoms with Gasteiger partial charge in [-0.05, 0) is 114 Å². The summed E-state index contributed by atoms with van der Waals surface area (Å²) in [7, 11) is -4.70. The van der Waals surface area contributed by atoms with Crippen molar-refractivity contribution in [3.05, 3.63) is 105 Å². The van der Waals surface area contributed by atoms with Crippen LogP contribution in [0.1, 0.15) is 37.5 Å². The standard InChI is InChI=1S/C38H44IN7O9S2/c1-38(2,3)55-37(47)40-21-22-41-56(48,49)33-20-19-32(39)34(36-42-44-46(43-36)25-28-11-17-31(54-6)18-12-28)35(33)57(50,51)45(23-26-7-13-29(52-4)14-8-26)24-27-9-15-30(53-5)16-10-27/h7-20,41H,21-25H2,1-6H3,(H,40,47). The van der Waals surface area contributed by atoms with Crippen molar-refractivity contribution in [2.24, 2.45) is 0 Å². The van der Waals surface area contributed by atoms with E-state index in [9.17, 15) is 13.2 Å². The van der Waals surface area contributed by atoms with Crippen LogP contribution in [-0.2, 0) is 44.4 Å². The van der Waals surface area contributed by atoms with E-state index < -0.39 is 41.5 Å². The number of nitrogens with zero attached hydrogens (tertiary/aromatic N) is 5. The Morgan fingerprint density at radius 3 is 1.75 bits per heavy atom. The van der Waals surface area contributed by atoms with Crippen LogP contribution in [0, 0.1) is 3.57 Å². The largest absolute Gasteiger partial charge is 0.497 e. The maximum absolute atomic E-state index is 15.3. The molecule has 0 aliphatic heterocycles. The Kier molecular flexibility index (Phi) is 14.1. The number of alkyl carbamates (subject to hydrolysis) is 1. The molecule has 0 saturated carbocycles. The van der Waals surface area contributed by atoms with Crippen molar-refractivity contribution in [2.45, 2.75) is 55.8 Å². The summed E-state index contributed by atoms with van der Waals surface area (Å²) < 4.78 is 84.1. The first-order valence-corrected chi connectivity index (χ1v) is 21.5. The highest BCUT2D eigenvalue weighted by atomic mass is 127. The van der Waals surface area contributed by atoms with Gasteiger partial charge in [-0.15, -0.1) is 10.2 Å². The number of nitrogens with one attached hydrogen (secondary N) is 2. The number of tetrazole rings is 1. The Hall–Kier alpha value is -4.83. The zero-order chi connectivity index (χ0) is 41.4. The molecule has 0 spiro atoms. The first kappa shape index (κ1) is 43.3. The van der Waals surface area contributed by atoms with Crippen LogP contribution in [0.4, 0.5) is 4.79 Å². The smallest absolute Gasteiger partial charge is 0.407 e. The molecule has 2 N–H and O–H groups in total. The SMILES string of the molecule is COc1ccc(CN(Cc2ccc(OC)cc2)S(=O)(=O)c2c(S(=O)(=O)NCCNC(=O)OC(C)(C)C)ccc(I)c2-c2nnn(Cc3ccc(OC)cc3)n2)cc1. The monoisotopic (exact) mass is 933 g/mol. The summed E-state index contributed by atoms with van der Waals surface area (Å²) in [5.41, 5.74) is 1.21. The van der Waals surface area contributed by atoms with Gasteiger partial charge in [0.1, 0.15) is 32.6 Å². The van der Waals surface area contributed by atoms with Crippen molar-refractivity contribution in [1.82, 2.24) is 34.6 Å². The molecule has 1 amide bonds. The molecule has 0 unspecified atom stereocenters. The summed E-state index contributed by atoms with van der Waals surface area (Å²) in [5, 5.41) is 15.5. The molecular formula is C38H44IN7O9S2. The van der Waals surface area contributed by atoms with Crippen LogP contribution < -0.4 is 24.2 Å². The Morgan fingerprint density at radius 1 is 0.754 bits per heavy atom. The molecular weight excluding hydrogens is 889 g/mol. The lowest BCUT2D eigenvalue weighted by Gasteiger charge is -2.25. The van der Waals surface area contributed by atoms with Crippen LogP contribution in [-0.4, -0.2) is 87.5 Å². The number of hydrogen-bond donors (Lipinski definition) is 2. The molecule has 0 radical (unpaired) electrons. The summed E-state index contributed by atoms with van der Waals surface area (Å²) in [6.45, 7) is 4.57. The minimum absolute atomic E-state index is 0.0548. The van der Waals surface area contributed by atoms with E-state index in [1.807, 2.05) is 34.7 Å². The Balaban J connectivity index is 1.62. The van der Waals surface area contributed by atoms with Crippen molar-refractivity contribution in [3.8, 4) is 28.6 Å². The number of methoxy groups -OCH3 is 3. The lowest BCUT2D eigenvalue weighted by atomic mass is 10.2. The van der Waals surface area contributed by atoms with Crippen molar-refractivity contribution in [1.29, 1.82) is 0 Å². The number of rotatable bonds is 17. The maximum atomic E-state index is 15.3. The lowest BCUT2D eigenvalue weighted by molar-refractivity contribution is 0.0529. The van der Waals surface area contributed by atoms with Crippen LogP contribution in [0.25, 0.3) is 11.4 Å². The first-order valence-electron chi connectivity index (χ1n) is 17.5. The van der Waals surface area contributed by atoms with Gasteiger partial charge < -0.3 is 24.3 Å². The third-order valence-electron chi connectivity index (χ3n) is 8.24. The zero-order valence-electron chi connectivity index (χ0n) is 32.2. The van der Waals surface area contributed by atoms with Gasteiger partial charge >= 0.3 is 6.09 Å². The van der Waals surface area contributed by atoms with Crippen molar-refractivity contribution in [2.75, 3.05) is 34.4 Å². The molecule has 5 aromatic rings. The quantitative estimate of drug-likeness (QED) is 0.0915. The molecule has 1 heterocycles. The van der Waals surface area contributed by atoms with Crippen molar-refractivity contribution in [3.63, 3.8) is 0 Å². The van der Waals surface area contributed by atoms with E-state index in [4.69, 9.17) is 18.9 Å². The highest BCUT2D eigenvalue weighted by molar-refractivity contribution is 14.1. The van der Waals surface area contributed by atoms with Crippen LogP contribution >= 0.6 is 22.6 Å². The third-order valence-corrected chi connectivity index (χ3v) is 12.6. The summed E-state index contributed by atoms with van der Waals surface area (Å²) in [5.74, 6) is 1.71. The molecule has 304 valence electrons. The predicted molar refractivity (Wildman–Crippen MR) is 220 cm³/mol. The van der Waals surface area contributed by atoms with Crippen molar-refractivity contribution >= 4 is 48.7 Å². The average molecular weight is 934 g/mol. The highest BCUT2D eigenvalue weighted by Crippen LogP contribution is 2.38. The minimum atomic E-state index is -4.74. The average Bonchev–Trinajstić information content (AvgIpc) is 3.64. The number of ether oxygens (including phenoxy) is 4. The number of carbonyl (C=O) groups excluding carboxylic acids is 1. The second-order valence-electron chi connectivity index (χ2n) is 13.5. The molecule has 19 heteroatoms. The lowest BCUT2D eigenvalue weighted by Crippen LogP contribution is -2.38. The molecule has 0 atom stereocenters. The van der Waals surface area contributed by atoms with E-state index in [2.05, 4.69) is 25.4 Å². The molecule has 0 fully saturated rings. The third kappa shape index (κ3) is 11.4. The summed E-state index contributed by atoms with van der Waals surface area (Å²) in [6.07, 6.45) is -0.738. The van der Waals surface area contributed by atoms with Crippen molar-refractivity contribution < 1.29 is 40.6 Å². The van der Waals surface area contributed by atoms with E-state index >= 15 is 8.42 Å². The molecule has 4 aromatic carbocycles. The molecule has 0 aliphatic rings. The highest BCUT2D eigenvalue weighted by Gasteiger charge is 2.37. The molecule has 0 saturated heterocycles. The zero-order valence-corrected chi connectivity index (χ0v) is 36.0. The van der Waals surface area contributed by atoms with Gasteiger partial charge in [0, 0.05) is 29.7 Å². The molecule has 0 aliphatic carbocycles. The molecule has 57 heavy (non-hydrogen) atoms. The van der Waals surface area contributed by atoms with E-state index in [1.54, 1.807) is 88.5 Å². The fraction of sp³-hybridized carbons (Fsp3) is 0.316. The van der Waals surface area contributed by atoms with Crippen LogP contribution in [0.15, 0.2) is 94.7 Å². The van der Waals surface area contributed by atoms with Gasteiger partial charge in [0.15, 0.2) is 0 Å². The number of aromatic nitrogens is 4. The summed E-state index contributed by atoms with van der Waals surface area (Å²) >= 11 is 1.94. The van der Waals surface area contributed by atoms with Crippen LogP contribution in [0.3, 0.4) is 0 Å². The van der Waals surface area contributed by atoms with E-state index in [-0.39, 0.29) is 44.1 Å². The van der Waals surface area contributed by atoms with Crippen LogP contribution in [0.2, 0.25) is 0 Å². The van der Waals surface area contributed by atoms with E-state index in [0.29, 0.717) is 31.9 Å². The van der Waals surface area contributed by atoms with Gasteiger partial charge in [-0.3, -0.25) is 0 Å². The number of halogens is 1. The maximum Gasteiger partial charge on any atom is 0.407 e. The molecule has 1 aromatic heterocycles. The van der Waals surface area contributed by atoms with Gasteiger partial charge in [0.05, 0.1) is 33.4 Å². The van der Waals surface area contributed by atoms with Gasteiger partial charge in [-0.2, -0.15) is 9.10 Å². The predicted octanol–water partition coefficient (Wildman–Crippen LogP) is 5.21. The van der Waals surface area contributed by atoms with Crippen LogP contribution in [0.5, 0.6) is 17.2 Å². The van der Waals surface area contributed by atoms with E-state index in [1.165, 1.54) is 35.5 Å². The molecule has 5 rings (SSSR count). The minimum Gasteiger partial charge on any atom is -0.497 e. The molecule has 16 nitrogen and oxygen atoms in total. The van der Waals surface area contributed by atoms with Gasteiger partial charge in [0.25, 0.3) is 0 Å². The summed E-state index contributed by atoms with van der Waals surface area (Å²) in [6, 6.07) is 23.7. The van der Waals surface area contributed by atoms with Gasteiger partial charge in [-0.25, -0.2) is 26.4 Å². The fourth-order valence-electron chi connectivity index (χ4n) is 5.49. The Morgan fingerprint density at radius 2 is 1.26 bits per heavy atom. The number of carbonyl (C=O) groups is 1. The Bertz CT molecular complexity index is 2320. The number of hydrogen-bond acceptors (Lipinski definition) is 12. The van der Waals surface area contributed by atoms with Gasteiger partial charge in [0.2, 0.25) is 25.9 Å².